The van der Waals surface area contributed by atoms with E-state index >= 15 is 0 Å². The fraction of sp³-hybridized carbons (Fsp3) is 0.542. The Hall–Kier alpha value is -2.70. The summed E-state index contributed by atoms with van der Waals surface area (Å²) < 4.78 is 27.7. The first-order valence-electron chi connectivity index (χ1n) is 11.8. The number of sulfonamides is 1. The Morgan fingerprint density at radius 2 is 1.94 bits per heavy atom. The zero-order valence-corrected chi connectivity index (χ0v) is 19.5. The van der Waals surface area contributed by atoms with Gasteiger partial charge in [-0.25, -0.2) is 12.7 Å². The Bertz CT molecular complexity index is 1240. The summed E-state index contributed by atoms with van der Waals surface area (Å²) in [5.41, 5.74) is 1.40. The zero-order chi connectivity index (χ0) is 23.1. The second-order valence-electron chi connectivity index (χ2n) is 9.44. The van der Waals surface area contributed by atoms with E-state index in [0.717, 1.165) is 35.1 Å². The van der Waals surface area contributed by atoms with Gasteiger partial charge in [0.15, 0.2) is 0 Å². The number of aromatic nitrogens is 1. The van der Waals surface area contributed by atoms with Gasteiger partial charge in [0, 0.05) is 36.1 Å². The molecule has 2 aliphatic heterocycles. The van der Waals surface area contributed by atoms with Crippen molar-refractivity contribution in [2.75, 3.05) is 18.8 Å². The van der Waals surface area contributed by atoms with Crippen LogP contribution in [0.25, 0.3) is 10.9 Å². The van der Waals surface area contributed by atoms with Gasteiger partial charge in [-0.1, -0.05) is 31.4 Å². The molecule has 3 aliphatic rings. The highest BCUT2D eigenvalue weighted by molar-refractivity contribution is 7.89. The molecule has 1 spiro atoms. The summed E-state index contributed by atoms with van der Waals surface area (Å²) in [6.45, 7) is 0.601. The normalized spacial score (nSPS) is 21.8. The molecule has 2 fully saturated rings. The summed E-state index contributed by atoms with van der Waals surface area (Å²) in [7, 11) is -3.49. The van der Waals surface area contributed by atoms with E-state index in [9.17, 15) is 18.5 Å². The van der Waals surface area contributed by atoms with Crippen molar-refractivity contribution >= 4 is 32.7 Å². The molecule has 0 radical (unpaired) electrons. The van der Waals surface area contributed by atoms with E-state index in [1.807, 2.05) is 18.2 Å². The molecule has 8 nitrogen and oxygen atoms in total. The van der Waals surface area contributed by atoms with Crippen molar-refractivity contribution in [2.24, 2.45) is 10.9 Å². The minimum atomic E-state index is -3.49. The van der Waals surface area contributed by atoms with Crippen LogP contribution in [-0.4, -0.2) is 53.8 Å². The van der Waals surface area contributed by atoms with Crippen LogP contribution in [0.3, 0.4) is 0 Å². The number of H-pyrrole nitrogens is 1. The Morgan fingerprint density at radius 1 is 1.18 bits per heavy atom. The minimum Gasteiger partial charge on any atom is -0.360 e. The summed E-state index contributed by atoms with van der Waals surface area (Å²) in [6.07, 6.45) is 8.54. The first-order valence-corrected chi connectivity index (χ1v) is 13.4. The van der Waals surface area contributed by atoms with E-state index in [1.165, 1.54) is 23.6 Å². The molecule has 33 heavy (non-hydrogen) atoms. The van der Waals surface area contributed by atoms with Crippen molar-refractivity contribution in [3.05, 3.63) is 35.5 Å². The van der Waals surface area contributed by atoms with Crippen molar-refractivity contribution in [1.29, 1.82) is 5.26 Å². The second kappa shape index (κ2) is 8.58. The van der Waals surface area contributed by atoms with Gasteiger partial charge in [0.1, 0.15) is 17.4 Å². The highest BCUT2D eigenvalue weighted by Crippen LogP contribution is 2.35. The van der Waals surface area contributed by atoms with Gasteiger partial charge in [-0.05, 0) is 43.7 Å². The van der Waals surface area contributed by atoms with Crippen LogP contribution < -0.4 is 5.32 Å². The zero-order valence-electron chi connectivity index (χ0n) is 18.6. The number of hydrogen-bond acceptors (Lipinski definition) is 5. The Balaban J connectivity index is 1.25. The standard InChI is InChI=1S/C24H29N5O3S/c25-15-19-16-26-20-8-4-7-17(21(19)20)9-14-33(31,32)29-12-10-24(11-13-29)23(30)27-22(28-24)18-5-2-1-3-6-18/h4,7-8,16,18,26H,1-3,5-6,9-14H2,(H,27,28,30). The number of rotatable bonds is 5. The number of nitriles is 1. The lowest BCUT2D eigenvalue weighted by Crippen LogP contribution is -2.51. The van der Waals surface area contributed by atoms with Crippen LogP contribution in [0, 0.1) is 17.2 Å². The van der Waals surface area contributed by atoms with Gasteiger partial charge in [-0.3, -0.25) is 9.79 Å². The number of amides is 1. The van der Waals surface area contributed by atoms with Gasteiger partial charge in [0.25, 0.3) is 5.91 Å². The van der Waals surface area contributed by atoms with Crippen LogP contribution in [0.2, 0.25) is 0 Å². The largest absolute Gasteiger partial charge is 0.360 e. The van der Waals surface area contributed by atoms with E-state index in [2.05, 4.69) is 16.4 Å². The number of aromatic amines is 1. The third-order valence-electron chi connectivity index (χ3n) is 7.48. The molecule has 0 bridgehead atoms. The summed E-state index contributed by atoms with van der Waals surface area (Å²) >= 11 is 0. The average Bonchev–Trinajstić information content (AvgIpc) is 3.40. The lowest BCUT2D eigenvalue weighted by Gasteiger charge is -2.34. The minimum absolute atomic E-state index is 0.0298. The number of carbonyl (C=O) groups is 1. The number of benzene rings is 1. The summed E-state index contributed by atoms with van der Waals surface area (Å²) in [5, 5.41) is 13.2. The van der Waals surface area contributed by atoms with E-state index in [1.54, 1.807) is 6.20 Å². The van der Waals surface area contributed by atoms with Crippen molar-refractivity contribution in [3.8, 4) is 6.07 Å². The Labute approximate surface area is 194 Å². The molecule has 0 atom stereocenters. The molecule has 2 N–H and O–H groups in total. The number of amidine groups is 1. The van der Waals surface area contributed by atoms with Crippen LogP contribution in [0.15, 0.2) is 29.4 Å². The maximum absolute atomic E-state index is 13.1. The Morgan fingerprint density at radius 3 is 2.67 bits per heavy atom. The third kappa shape index (κ3) is 4.06. The number of fused-ring (bicyclic) bond motifs is 1. The van der Waals surface area contributed by atoms with Gasteiger partial charge < -0.3 is 10.3 Å². The lowest BCUT2D eigenvalue weighted by atomic mass is 9.88. The quantitative estimate of drug-likeness (QED) is 0.703. The summed E-state index contributed by atoms with van der Waals surface area (Å²) in [5.74, 6) is 1.06. The molecule has 1 aromatic carbocycles. The van der Waals surface area contributed by atoms with Crippen LogP contribution in [0.5, 0.6) is 0 Å². The molecule has 1 saturated carbocycles. The highest BCUT2D eigenvalue weighted by Gasteiger charge is 2.48. The summed E-state index contributed by atoms with van der Waals surface area (Å²) in [4.78, 5) is 20.7. The molecule has 1 aliphatic carbocycles. The van der Waals surface area contributed by atoms with E-state index in [0.29, 0.717) is 43.8 Å². The predicted molar refractivity (Wildman–Crippen MR) is 126 cm³/mol. The van der Waals surface area contributed by atoms with Crippen LogP contribution in [0.4, 0.5) is 0 Å². The fourth-order valence-corrected chi connectivity index (χ4v) is 6.98. The number of nitrogens with one attached hydrogen (secondary N) is 2. The lowest BCUT2D eigenvalue weighted by molar-refractivity contribution is -0.125. The molecule has 1 aromatic heterocycles. The number of piperidine rings is 1. The van der Waals surface area contributed by atoms with Crippen molar-refractivity contribution < 1.29 is 13.2 Å². The highest BCUT2D eigenvalue weighted by atomic mass is 32.2. The number of aliphatic imine (C=N–C) groups is 1. The van der Waals surface area contributed by atoms with Crippen molar-refractivity contribution in [2.45, 2.75) is 56.9 Å². The van der Waals surface area contributed by atoms with Gasteiger partial charge in [0.05, 0.1) is 11.3 Å². The molecule has 174 valence electrons. The van der Waals surface area contributed by atoms with Gasteiger partial charge in [-0.2, -0.15) is 5.26 Å². The summed E-state index contributed by atoms with van der Waals surface area (Å²) in [6, 6.07) is 7.80. The molecule has 1 amide bonds. The monoisotopic (exact) mass is 467 g/mol. The predicted octanol–water partition coefficient (Wildman–Crippen LogP) is 2.86. The van der Waals surface area contributed by atoms with Crippen molar-refractivity contribution in [1.82, 2.24) is 14.6 Å². The smallest absolute Gasteiger partial charge is 0.253 e. The van der Waals surface area contributed by atoms with Gasteiger partial charge >= 0.3 is 0 Å². The molecule has 3 heterocycles. The molecule has 0 unspecified atom stereocenters. The maximum atomic E-state index is 13.1. The second-order valence-corrected chi connectivity index (χ2v) is 11.5. The molecule has 5 rings (SSSR count). The average molecular weight is 468 g/mol. The van der Waals surface area contributed by atoms with E-state index in [4.69, 9.17) is 4.99 Å². The molecular formula is C24H29N5O3S. The van der Waals surface area contributed by atoms with Crippen LogP contribution in [0.1, 0.15) is 56.1 Å². The number of carbonyl (C=O) groups excluding carboxylic acids is 1. The molecule has 9 heteroatoms. The van der Waals surface area contributed by atoms with Gasteiger partial charge in [0.2, 0.25) is 10.0 Å². The topological polar surface area (TPSA) is 118 Å². The van der Waals surface area contributed by atoms with Gasteiger partial charge in [-0.15, -0.1) is 0 Å². The number of hydrogen-bond donors (Lipinski definition) is 2. The third-order valence-corrected chi connectivity index (χ3v) is 9.35. The van der Waals surface area contributed by atoms with Crippen molar-refractivity contribution in [3.63, 3.8) is 0 Å². The fourth-order valence-electron chi connectivity index (χ4n) is 5.51. The SMILES string of the molecule is N#Cc1c[nH]c2cccc(CCS(=O)(=O)N3CCC4(CC3)N=C(C3CCCCC3)NC4=O)c12. The molecule has 2 aromatic rings. The molecule has 1 saturated heterocycles. The maximum Gasteiger partial charge on any atom is 0.253 e. The molecular weight excluding hydrogens is 438 g/mol. The first kappa shape index (κ1) is 22.1. The first-order chi connectivity index (χ1) is 15.9. The van der Waals surface area contributed by atoms with E-state index in [-0.39, 0.29) is 11.7 Å². The number of nitrogens with zero attached hydrogens (tertiary/aromatic N) is 3. The van der Waals surface area contributed by atoms with E-state index < -0.39 is 15.6 Å². The van der Waals surface area contributed by atoms with Crippen LogP contribution >= 0.6 is 0 Å². The van der Waals surface area contributed by atoms with Crippen LogP contribution in [-0.2, 0) is 21.2 Å². The number of aryl methyl sites for hydroxylation is 1. The Kier molecular flexibility index (Phi) is 5.75.